The van der Waals surface area contributed by atoms with Gasteiger partial charge in [0.05, 0.1) is 21.4 Å². The fourth-order valence-corrected chi connectivity index (χ4v) is 3.77. The zero-order valence-corrected chi connectivity index (χ0v) is 11.4. The summed E-state index contributed by atoms with van der Waals surface area (Å²) >= 11 is 4.84. The number of nitrogen functional groups attached to an aromatic ring is 1. The first-order chi connectivity index (χ1) is 7.66. The lowest BCUT2D eigenvalue weighted by Crippen LogP contribution is -2.00. The Morgan fingerprint density at radius 3 is 3.00 bits per heavy atom. The molecule has 0 bridgehead atoms. The predicted molar refractivity (Wildman–Crippen MR) is 70.8 cm³/mol. The lowest BCUT2D eigenvalue weighted by molar-refractivity contribution is 0.682. The third kappa shape index (κ3) is 2.69. The molecule has 0 aliphatic rings. The minimum Gasteiger partial charge on any atom is -0.398 e. The fourth-order valence-electron chi connectivity index (χ4n) is 1.22. The van der Waals surface area contributed by atoms with Gasteiger partial charge in [-0.05, 0) is 18.2 Å². The predicted octanol–water partition coefficient (Wildman–Crippen LogP) is 2.80. The SMILES string of the molecule is Nc1ccc(Br)cc1S(=O)Cc1nccs1. The van der Waals surface area contributed by atoms with E-state index in [0.29, 0.717) is 16.3 Å². The highest BCUT2D eigenvalue weighted by atomic mass is 79.9. The van der Waals surface area contributed by atoms with Crippen LogP contribution in [0.25, 0.3) is 0 Å². The molecule has 0 radical (unpaired) electrons. The smallest absolute Gasteiger partial charge is 0.105 e. The van der Waals surface area contributed by atoms with Crippen LogP contribution in [0, 0.1) is 0 Å². The van der Waals surface area contributed by atoms with Crippen molar-refractivity contribution in [1.29, 1.82) is 0 Å². The highest BCUT2D eigenvalue weighted by molar-refractivity contribution is 9.10. The van der Waals surface area contributed by atoms with E-state index in [2.05, 4.69) is 20.9 Å². The van der Waals surface area contributed by atoms with E-state index >= 15 is 0 Å². The second-order valence-corrected chi connectivity index (χ2v) is 6.41. The number of hydrogen-bond donors (Lipinski definition) is 1. The van der Waals surface area contributed by atoms with E-state index in [9.17, 15) is 4.21 Å². The molecule has 1 aromatic heterocycles. The zero-order chi connectivity index (χ0) is 11.5. The summed E-state index contributed by atoms with van der Waals surface area (Å²) in [4.78, 5) is 4.76. The normalized spacial score (nSPS) is 12.6. The molecule has 2 rings (SSSR count). The van der Waals surface area contributed by atoms with Crippen molar-refractivity contribution in [3.63, 3.8) is 0 Å². The van der Waals surface area contributed by atoms with Gasteiger partial charge < -0.3 is 5.73 Å². The highest BCUT2D eigenvalue weighted by Crippen LogP contribution is 2.23. The van der Waals surface area contributed by atoms with Crippen LogP contribution in [-0.2, 0) is 16.6 Å². The molecular weight excluding hydrogens is 308 g/mol. The Hall–Kier alpha value is -0.720. The van der Waals surface area contributed by atoms with Crippen molar-refractivity contribution in [1.82, 2.24) is 4.98 Å². The molecule has 0 spiro atoms. The molecule has 1 atom stereocenters. The van der Waals surface area contributed by atoms with Gasteiger partial charge in [-0.25, -0.2) is 4.98 Å². The summed E-state index contributed by atoms with van der Waals surface area (Å²) in [5, 5.41) is 2.73. The number of aromatic nitrogens is 1. The molecule has 0 amide bonds. The third-order valence-corrected chi connectivity index (χ3v) is 4.79. The van der Waals surface area contributed by atoms with Crippen molar-refractivity contribution in [2.24, 2.45) is 0 Å². The number of halogens is 1. The molecule has 1 heterocycles. The first kappa shape index (κ1) is 11.8. The van der Waals surface area contributed by atoms with Crippen LogP contribution < -0.4 is 5.73 Å². The molecule has 0 aliphatic carbocycles. The minimum absolute atomic E-state index is 0.415. The summed E-state index contributed by atoms with van der Waals surface area (Å²) in [5.41, 5.74) is 6.34. The molecule has 3 nitrogen and oxygen atoms in total. The topological polar surface area (TPSA) is 56.0 Å². The molecule has 0 saturated heterocycles. The van der Waals surface area contributed by atoms with Crippen LogP contribution in [-0.4, -0.2) is 9.19 Å². The molecule has 6 heteroatoms. The van der Waals surface area contributed by atoms with Crippen molar-refractivity contribution >= 4 is 43.8 Å². The summed E-state index contributed by atoms with van der Waals surface area (Å²) in [6, 6.07) is 5.37. The first-order valence-corrected chi connectivity index (χ1v) is 7.48. The Balaban J connectivity index is 2.24. The van der Waals surface area contributed by atoms with E-state index in [1.165, 1.54) is 11.3 Å². The molecule has 2 aromatic rings. The molecule has 84 valence electrons. The summed E-state index contributed by atoms with van der Waals surface area (Å²) in [6.07, 6.45) is 1.71. The summed E-state index contributed by atoms with van der Waals surface area (Å²) in [5.74, 6) is 0.415. The molecule has 0 fully saturated rings. The molecule has 0 aliphatic heterocycles. The lowest BCUT2D eigenvalue weighted by Gasteiger charge is -2.04. The van der Waals surface area contributed by atoms with Gasteiger partial charge in [0, 0.05) is 21.7 Å². The van der Waals surface area contributed by atoms with Gasteiger partial charge in [0.15, 0.2) is 0 Å². The Morgan fingerprint density at radius 2 is 2.31 bits per heavy atom. The van der Waals surface area contributed by atoms with Gasteiger partial charge in [-0.2, -0.15) is 0 Å². The second-order valence-electron chi connectivity index (χ2n) is 3.10. The van der Waals surface area contributed by atoms with E-state index in [-0.39, 0.29) is 0 Å². The van der Waals surface area contributed by atoms with E-state index in [1.807, 2.05) is 11.4 Å². The number of thiazole rings is 1. The Morgan fingerprint density at radius 1 is 1.50 bits per heavy atom. The van der Waals surface area contributed by atoms with Gasteiger partial charge in [-0.3, -0.25) is 4.21 Å². The van der Waals surface area contributed by atoms with Crippen LogP contribution in [0.3, 0.4) is 0 Å². The van der Waals surface area contributed by atoms with Gasteiger partial charge in [0.1, 0.15) is 5.01 Å². The molecule has 1 aromatic carbocycles. The lowest BCUT2D eigenvalue weighted by atomic mass is 10.3. The molecular formula is C10H9BrN2OS2. The number of hydrogen-bond acceptors (Lipinski definition) is 4. The first-order valence-electron chi connectivity index (χ1n) is 4.48. The monoisotopic (exact) mass is 316 g/mol. The van der Waals surface area contributed by atoms with Crippen molar-refractivity contribution < 1.29 is 4.21 Å². The molecule has 1 unspecified atom stereocenters. The van der Waals surface area contributed by atoms with Crippen LogP contribution in [0.5, 0.6) is 0 Å². The second kappa shape index (κ2) is 5.07. The van der Waals surface area contributed by atoms with Crippen LogP contribution in [0.2, 0.25) is 0 Å². The Labute approximate surface area is 108 Å². The quantitative estimate of drug-likeness (QED) is 0.886. The largest absolute Gasteiger partial charge is 0.398 e. The number of nitrogens with two attached hydrogens (primary N) is 1. The summed E-state index contributed by atoms with van der Waals surface area (Å²) in [7, 11) is -1.14. The number of nitrogens with zero attached hydrogens (tertiary/aromatic N) is 1. The average Bonchev–Trinajstić information content (AvgIpc) is 2.74. The number of rotatable bonds is 3. The van der Waals surface area contributed by atoms with Gasteiger partial charge in [-0.1, -0.05) is 15.9 Å². The Kier molecular flexibility index (Phi) is 3.73. The third-order valence-electron chi connectivity index (χ3n) is 1.96. The zero-order valence-electron chi connectivity index (χ0n) is 8.22. The highest BCUT2D eigenvalue weighted by Gasteiger charge is 2.10. The average molecular weight is 317 g/mol. The maximum atomic E-state index is 12.1. The maximum absolute atomic E-state index is 12.1. The van der Waals surface area contributed by atoms with E-state index in [0.717, 1.165) is 9.48 Å². The number of benzene rings is 1. The van der Waals surface area contributed by atoms with Crippen LogP contribution >= 0.6 is 27.3 Å². The van der Waals surface area contributed by atoms with Gasteiger partial charge in [0.2, 0.25) is 0 Å². The number of anilines is 1. The van der Waals surface area contributed by atoms with E-state index < -0.39 is 10.8 Å². The van der Waals surface area contributed by atoms with Crippen LogP contribution in [0.4, 0.5) is 5.69 Å². The minimum atomic E-state index is -1.14. The molecule has 2 N–H and O–H groups in total. The maximum Gasteiger partial charge on any atom is 0.105 e. The van der Waals surface area contributed by atoms with Crippen molar-refractivity contribution in [3.8, 4) is 0 Å². The van der Waals surface area contributed by atoms with E-state index in [1.54, 1.807) is 18.3 Å². The standard InChI is InChI=1S/C10H9BrN2OS2/c11-7-1-2-8(12)9(5-7)16(14)6-10-13-3-4-15-10/h1-5H,6,12H2. The van der Waals surface area contributed by atoms with Crippen molar-refractivity contribution in [2.75, 3.05) is 5.73 Å². The van der Waals surface area contributed by atoms with Gasteiger partial charge in [-0.15, -0.1) is 11.3 Å². The molecule has 0 saturated carbocycles. The Bertz CT molecular complexity index is 514. The fraction of sp³-hybridized carbons (Fsp3) is 0.100. The van der Waals surface area contributed by atoms with Gasteiger partial charge in [0.25, 0.3) is 0 Å². The summed E-state index contributed by atoms with van der Waals surface area (Å²) < 4.78 is 12.9. The molecule has 16 heavy (non-hydrogen) atoms. The van der Waals surface area contributed by atoms with Crippen LogP contribution in [0.15, 0.2) is 39.1 Å². The van der Waals surface area contributed by atoms with Crippen molar-refractivity contribution in [2.45, 2.75) is 10.6 Å². The summed E-state index contributed by atoms with van der Waals surface area (Å²) in [6.45, 7) is 0. The van der Waals surface area contributed by atoms with Crippen molar-refractivity contribution in [3.05, 3.63) is 39.3 Å². The van der Waals surface area contributed by atoms with E-state index in [4.69, 9.17) is 5.73 Å². The van der Waals surface area contributed by atoms with Crippen LogP contribution in [0.1, 0.15) is 5.01 Å². The van der Waals surface area contributed by atoms with Gasteiger partial charge >= 0.3 is 0 Å².